The van der Waals surface area contributed by atoms with Gasteiger partial charge in [-0.3, -0.25) is 0 Å². The monoisotopic (exact) mass is 553 g/mol. The summed E-state index contributed by atoms with van der Waals surface area (Å²) in [6.45, 7) is 4.25. The number of hydrogen-bond donors (Lipinski definition) is 0. The molecular weight excluding hydrogens is 530 g/mol. The lowest BCUT2D eigenvalue weighted by molar-refractivity contribution is 1.12. The van der Waals surface area contributed by atoms with Crippen LogP contribution in [0.15, 0.2) is 104 Å². The molecule has 202 valence electrons. The third kappa shape index (κ3) is 4.46. The van der Waals surface area contributed by atoms with E-state index in [2.05, 4.69) is 105 Å². The van der Waals surface area contributed by atoms with Gasteiger partial charge in [-0.25, -0.2) is 19.9 Å². The molecule has 7 aromatic rings. The van der Waals surface area contributed by atoms with Gasteiger partial charge in [0.05, 0.1) is 27.8 Å². The van der Waals surface area contributed by atoms with Crippen molar-refractivity contribution in [2.45, 2.75) is 13.8 Å². The van der Waals surface area contributed by atoms with E-state index in [0.29, 0.717) is 22.8 Å². The van der Waals surface area contributed by atoms with Crippen LogP contribution in [0.1, 0.15) is 22.3 Å². The van der Waals surface area contributed by atoms with Crippen LogP contribution in [0, 0.1) is 36.5 Å². The fraction of sp³-hybridized carbons (Fsp3) is 0.0556. The zero-order valence-electron chi connectivity index (χ0n) is 23.4. The second-order valence-electron chi connectivity index (χ2n) is 10.4. The maximum absolute atomic E-state index is 9.36. The molecule has 0 radical (unpaired) electrons. The highest BCUT2D eigenvalue weighted by Crippen LogP contribution is 2.38. The Hall–Kier alpha value is -6.18. The van der Waals surface area contributed by atoms with Crippen molar-refractivity contribution in [1.82, 2.24) is 24.5 Å². The summed E-state index contributed by atoms with van der Waals surface area (Å²) in [5, 5.41) is 20.8. The van der Waals surface area contributed by atoms with E-state index in [1.54, 1.807) is 0 Å². The first kappa shape index (κ1) is 25.8. The zero-order chi connectivity index (χ0) is 29.5. The Morgan fingerprint density at radius 3 is 1.93 bits per heavy atom. The van der Waals surface area contributed by atoms with Crippen molar-refractivity contribution in [2.75, 3.05) is 0 Å². The van der Waals surface area contributed by atoms with Crippen LogP contribution in [-0.2, 0) is 0 Å². The van der Waals surface area contributed by atoms with Crippen LogP contribution in [0.25, 0.3) is 61.4 Å². The average Bonchev–Trinajstić information content (AvgIpc) is 3.38. The molecule has 3 heterocycles. The lowest BCUT2D eigenvalue weighted by atomic mass is 9.97. The van der Waals surface area contributed by atoms with Crippen molar-refractivity contribution in [3.63, 3.8) is 0 Å². The van der Waals surface area contributed by atoms with Gasteiger partial charge >= 0.3 is 0 Å². The molecule has 0 atom stereocenters. The first-order chi connectivity index (χ1) is 21.0. The van der Waals surface area contributed by atoms with E-state index in [4.69, 9.17) is 0 Å². The number of aromatic nitrogens is 5. The maximum atomic E-state index is 9.36. The SMILES string of the molecule is Cc1ccc(-c2ccc3c4ccccc4n(-c4ccc(-c5ncc(C#N)cn5)cc4-c4ncc(C#N)cn4)c3c2)c(C)c1. The predicted octanol–water partition coefficient (Wildman–Crippen LogP) is 7.72. The third-order valence-corrected chi connectivity index (χ3v) is 7.67. The van der Waals surface area contributed by atoms with Crippen LogP contribution in [0.3, 0.4) is 0 Å². The Bertz CT molecular complexity index is 2270. The van der Waals surface area contributed by atoms with Gasteiger partial charge in [-0.15, -0.1) is 0 Å². The lowest BCUT2D eigenvalue weighted by Gasteiger charge is -2.15. The third-order valence-electron chi connectivity index (χ3n) is 7.67. The molecule has 43 heavy (non-hydrogen) atoms. The topological polar surface area (TPSA) is 104 Å². The molecule has 0 N–H and O–H groups in total. The largest absolute Gasteiger partial charge is 0.308 e. The number of fused-ring (bicyclic) bond motifs is 3. The number of nitriles is 2. The predicted molar refractivity (Wildman–Crippen MR) is 167 cm³/mol. The molecule has 0 aliphatic heterocycles. The van der Waals surface area contributed by atoms with Crippen molar-refractivity contribution in [2.24, 2.45) is 0 Å². The molecule has 4 aromatic carbocycles. The van der Waals surface area contributed by atoms with Gasteiger partial charge in [0.1, 0.15) is 12.1 Å². The minimum Gasteiger partial charge on any atom is -0.308 e. The Labute approximate surface area is 248 Å². The molecule has 0 spiro atoms. The number of nitrogens with zero attached hydrogens (tertiary/aromatic N) is 7. The van der Waals surface area contributed by atoms with Crippen LogP contribution >= 0.6 is 0 Å². The summed E-state index contributed by atoms with van der Waals surface area (Å²) in [5.74, 6) is 0.959. The minimum absolute atomic E-state index is 0.381. The van der Waals surface area contributed by atoms with E-state index in [0.717, 1.165) is 44.2 Å². The van der Waals surface area contributed by atoms with Crippen LogP contribution in [0.4, 0.5) is 0 Å². The molecule has 0 aliphatic carbocycles. The number of rotatable bonds is 4. The molecule has 7 heteroatoms. The number of benzene rings is 4. The van der Waals surface area contributed by atoms with Crippen LogP contribution in [-0.4, -0.2) is 24.5 Å². The summed E-state index contributed by atoms with van der Waals surface area (Å²) in [6.07, 6.45) is 6.08. The normalized spacial score (nSPS) is 11.0. The fourth-order valence-electron chi connectivity index (χ4n) is 5.64. The molecule has 0 saturated carbocycles. The minimum atomic E-state index is 0.381. The second kappa shape index (κ2) is 10.3. The first-order valence-electron chi connectivity index (χ1n) is 13.7. The molecule has 0 fully saturated rings. The summed E-state index contributed by atoms with van der Waals surface area (Å²) >= 11 is 0. The molecule has 0 saturated heterocycles. The van der Waals surface area contributed by atoms with E-state index in [9.17, 15) is 10.5 Å². The highest BCUT2D eigenvalue weighted by Gasteiger charge is 2.19. The molecule has 0 unspecified atom stereocenters. The Morgan fingerprint density at radius 2 is 1.23 bits per heavy atom. The Kier molecular flexibility index (Phi) is 6.19. The highest BCUT2D eigenvalue weighted by molar-refractivity contribution is 6.10. The average molecular weight is 554 g/mol. The Balaban J connectivity index is 1.51. The van der Waals surface area contributed by atoms with E-state index >= 15 is 0 Å². The summed E-state index contributed by atoms with van der Waals surface area (Å²) < 4.78 is 2.25. The molecule has 0 bridgehead atoms. The van der Waals surface area contributed by atoms with Gasteiger partial charge in [0.2, 0.25) is 0 Å². The first-order valence-corrected chi connectivity index (χ1v) is 13.7. The second-order valence-corrected chi connectivity index (χ2v) is 10.4. The van der Waals surface area contributed by atoms with Gasteiger partial charge in [-0.2, -0.15) is 10.5 Å². The van der Waals surface area contributed by atoms with Gasteiger partial charge in [-0.05, 0) is 60.9 Å². The number of aryl methyl sites for hydroxylation is 2. The van der Waals surface area contributed by atoms with Crippen molar-refractivity contribution in [1.29, 1.82) is 10.5 Å². The molecule has 7 nitrogen and oxygen atoms in total. The summed E-state index contributed by atoms with van der Waals surface area (Å²) in [6, 6.07) is 31.6. The standard InChI is InChI=1S/C36H23N7/c1-22-7-10-28(23(2)13-22)26-8-11-30-29-5-3-4-6-32(29)43(34(30)15-26)33-12-9-27(35-39-18-24(16-37)19-40-35)14-31(33)36-41-20-25(17-38)21-42-36/h3-15,18-21H,1-2H3. The van der Waals surface area contributed by atoms with E-state index < -0.39 is 0 Å². The Morgan fingerprint density at radius 1 is 0.581 bits per heavy atom. The van der Waals surface area contributed by atoms with Gasteiger partial charge < -0.3 is 4.57 Å². The molecule has 0 aliphatic rings. The molecular formula is C36H23N7. The van der Waals surface area contributed by atoms with Crippen molar-refractivity contribution >= 4 is 21.8 Å². The van der Waals surface area contributed by atoms with Crippen molar-refractivity contribution in [3.05, 3.63) is 126 Å². The zero-order valence-corrected chi connectivity index (χ0v) is 23.4. The van der Waals surface area contributed by atoms with Crippen LogP contribution in [0.5, 0.6) is 0 Å². The van der Waals surface area contributed by atoms with Gasteiger partial charge in [0, 0.05) is 46.7 Å². The summed E-state index contributed by atoms with van der Waals surface area (Å²) in [7, 11) is 0. The van der Waals surface area contributed by atoms with Crippen LogP contribution in [0.2, 0.25) is 0 Å². The van der Waals surface area contributed by atoms with E-state index in [1.165, 1.54) is 41.5 Å². The van der Waals surface area contributed by atoms with Crippen molar-refractivity contribution in [3.8, 4) is 51.7 Å². The van der Waals surface area contributed by atoms with E-state index in [1.807, 2.05) is 24.3 Å². The lowest BCUT2D eigenvalue weighted by Crippen LogP contribution is -2.01. The van der Waals surface area contributed by atoms with Crippen molar-refractivity contribution < 1.29 is 0 Å². The summed E-state index contributed by atoms with van der Waals surface area (Å²) in [4.78, 5) is 18.0. The quantitative estimate of drug-likeness (QED) is 0.221. The molecule has 7 rings (SSSR count). The highest BCUT2D eigenvalue weighted by atomic mass is 15.0. The molecule has 0 amide bonds. The van der Waals surface area contributed by atoms with Gasteiger partial charge in [-0.1, -0.05) is 54.1 Å². The van der Waals surface area contributed by atoms with E-state index in [-0.39, 0.29) is 0 Å². The number of para-hydroxylation sites is 1. The maximum Gasteiger partial charge on any atom is 0.161 e. The van der Waals surface area contributed by atoms with Crippen LogP contribution < -0.4 is 0 Å². The number of hydrogen-bond acceptors (Lipinski definition) is 6. The van der Waals surface area contributed by atoms with Gasteiger partial charge in [0.25, 0.3) is 0 Å². The van der Waals surface area contributed by atoms with Gasteiger partial charge in [0.15, 0.2) is 11.6 Å². The summed E-state index contributed by atoms with van der Waals surface area (Å²) in [5.41, 5.74) is 10.0. The smallest absolute Gasteiger partial charge is 0.161 e. The molecule has 3 aromatic heterocycles. The fourth-order valence-corrected chi connectivity index (χ4v) is 5.64.